The van der Waals surface area contributed by atoms with E-state index in [4.69, 9.17) is 8.83 Å². The van der Waals surface area contributed by atoms with Crippen molar-refractivity contribution in [1.29, 1.82) is 0 Å². The number of carbonyl (C=O) groups excluding carboxylic acids is 1. The molecule has 0 spiro atoms. The maximum Gasteiger partial charge on any atom is 0.287 e. The van der Waals surface area contributed by atoms with Crippen molar-refractivity contribution in [3.63, 3.8) is 0 Å². The average Bonchev–Trinajstić information content (AvgIpc) is 3.00. The van der Waals surface area contributed by atoms with Gasteiger partial charge in [-0.1, -0.05) is 0 Å². The van der Waals surface area contributed by atoms with E-state index in [-0.39, 0.29) is 24.4 Å². The van der Waals surface area contributed by atoms with Crippen LogP contribution in [-0.4, -0.2) is 31.4 Å². The van der Waals surface area contributed by atoms with Crippen LogP contribution in [0.3, 0.4) is 0 Å². The molecule has 1 unspecified atom stereocenters. The molecule has 0 radical (unpaired) electrons. The number of hydrogen-bond acceptors (Lipinski definition) is 4. The van der Waals surface area contributed by atoms with Crippen LogP contribution in [0.25, 0.3) is 0 Å². The Balaban J connectivity index is 0.00000200. The van der Waals surface area contributed by atoms with E-state index in [1.54, 1.807) is 12.1 Å². The van der Waals surface area contributed by atoms with Gasteiger partial charge in [0, 0.05) is 6.54 Å². The largest absolute Gasteiger partial charge is 0.465 e. The lowest BCUT2D eigenvalue weighted by atomic mass is 10.2. The van der Waals surface area contributed by atoms with Crippen LogP contribution >= 0.6 is 12.4 Å². The summed E-state index contributed by atoms with van der Waals surface area (Å²) in [5.41, 5.74) is 0. The molecule has 2 rings (SSSR count). The molecule has 6 heteroatoms. The van der Waals surface area contributed by atoms with E-state index in [2.05, 4.69) is 5.32 Å². The SMILES string of the molecule is Cc1ccc(C(CNC(=O)c2ccco2)N(C)C)o1.Cl. The van der Waals surface area contributed by atoms with E-state index in [0.29, 0.717) is 12.3 Å². The molecule has 0 aliphatic carbocycles. The van der Waals surface area contributed by atoms with Gasteiger partial charge in [0.05, 0.1) is 12.3 Å². The molecule has 110 valence electrons. The second-order valence-corrected chi connectivity index (χ2v) is 4.62. The number of carbonyl (C=O) groups is 1. The van der Waals surface area contributed by atoms with E-state index in [1.807, 2.05) is 38.1 Å². The predicted molar refractivity (Wildman–Crippen MR) is 78.2 cm³/mol. The summed E-state index contributed by atoms with van der Waals surface area (Å²) in [5, 5.41) is 2.84. The van der Waals surface area contributed by atoms with Gasteiger partial charge in [-0.2, -0.15) is 0 Å². The van der Waals surface area contributed by atoms with Crippen molar-refractivity contribution >= 4 is 18.3 Å². The first-order valence-electron chi connectivity index (χ1n) is 6.12. The monoisotopic (exact) mass is 298 g/mol. The lowest BCUT2D eigenvalue weighted by Gasteiger charge is -2.22. The topological polar surface area (TPSA) is 58.6 Å². The number of rotatable bonds is 5. The van der Waals surface area contributed by atoms with E-state index in [9.17, 15) is 4.79 Å². The highest BCUT2D eigenvalue weighted by Gasteiger charge is 2.19. The maximum atomic E-state index is 11.8. The van der Waals surface area contributed by atoms with Crippen molar-refractivity contribution < 1.29 is 13.6 Å². The molecule has 1 atom stereocenters. The molecule has 0 aliphatic heterocycles. The first-order valence-corrected chi connectivity index (χ1v) is 6.12. The van der Waals surface area contributed by atoms with Crippen LogP contribution in [0.2, 0.25) is 0 Å². The van der Waals surface area contributed by atoms with Crippen molar-refractivity contribution in [1.82, 2.24) is 10.2 Å². The van der Waals surface area contributed by atoms with Crippen LogP contribution < -0.4 is 5.32 Å². The third kappa shape index (κ3) is 3.88. The summed E-state index contributed by atoms with van der Waals surface area (Å²) in [6.45, 7) is 2.36. The van der Waals surface area contributed by atoms with Crippen LogP contribution in [-0.2, 0) is 0 Å². The van der Waals surface area contributed by atoms with Crippen molar-refractivity contribution in [2.75, 3.05) is 20.6 Å². The number of aryl methyl sites for hydroxylation is 1. The van der Waals surface area contributed by atoms with Crippen LogP contribution in [0.5, 0.6) is 0 Å². The minimum Gasteiger partial charge on any atom is -0.465 e. The zero-order chi connectivity index (χ0) is 13.8. The highest BCUT2D eigenvalue weighted by atomic mass is 35.5. The molecule has 0 aromatic carbocycles. The van der Waals surface area contributed by atoms with Gasteiger partial charge in [-0.05, 0) is 45.3 Å². The van der Waals surface area contributed by atoms with Crippen LogP contribution in [0.1, 0.15) is 28.1 Å². The number of nitrogens with zero attached hydrogens (tertiary/aromatic N) is 1. The molecule has 2 heterocycles. The normalized spacial score (nSPS) is 12.0. The minimum atomic E-state index is -0.222. The van der Waals surface area contributed by atoms with E-state index < -0.39 is 0 Å². The summed E-state index contributed by atoms with van der Waals surface area (Å²) in [5.74, 6) is 1.79. The quantitative estimate of drug-likeness (QED) is 0.922. The van der Waals surface area contributed by atoms with Crippen molar-refractivity contribution in [3.05, 3.63) is 47.8 Å². The Hall–Kier alpha value is -1.72. The first-order chi connectivity index (χ1) is 9.08. The molecule has 0 saturated carbocycles. The van der Waals surface area contributed by atoms with Gasteiger partial charge in [0.1, 0.15) is 11.5 Å². The van der Waals surface area contributed by atoms with Gasteiger partial charge in [0.25, 0.3) is 5.91 Å². The van der Waals surface area contributed by atoms with E-state index >= 15 is 0 Å². The molecule has 1 N–H and O–H groups in total. The number of nitrogens with one attached hydrogen (secondary N) is 1. The predicted octanol–water partition coefficient (Wildman–Crippen LogP) is 2.64. The maximum absolute atomic E-state index is 11.8. The summed E-state index contributed by atoms with van der Waals surface area (Å²) in [6, 6.07) is 7.16. The van der Waals surface area contributed by atoms with Gasteiger partial charge in [-0.3, -0.25) is 9.69 Å². The fourth-order valence-corrected chi connectivity index (χ4v) is 1.85. The summed E-state index contributed by atoms with van der Waals surface area (Å²) in [6.07, 6.45) is 1.48. The average molecular weight is 299 g/mol. The minimum absolute atomic E-state index is 0. The highest BCUT2D eigenvalue weighted by molar-refractivity contribution is 5.91. The Morgan fingerprint density at radius 1 is 1.35 bits per heavy atom. The van der Waals surface area contributed by atoms with Gasteiger partial charge in [0.2, 0.25) is 0 Å². The molecular weight excluding hydrogens is 280 g/mol. The molecule has 0 bridgehead atoms. The summed E-state index contributed by atoms with van der Waals surface area (Å²) in [4.78, 5) is 13.8. The molecule has 20 heavy (non-hydrogen) atoms. The van der Waals surface area contributed by atoms with Crippen LogP contribution in [0.4, 0.5) is 0 Å². The summed E-state index contributed by atoms with van der Waals surface area (Å²) in [7, 11) is 3.89. The van der Waals surface area contributed by atoms with Gasteiger partial charge in [-0.25, -0.2) is 0 Å². The number of likely N-dealkylation sites (N-methyl/N-ethyl adjacent to an activating group) is 1. The Morgan fingerprint density at radius 2 is 2.10 bits per heavy atom. The molecule has 5 nitrogen and oxygen atoms in total. The standard InChI is InChI=1S/C14H18N2O3.ClH/c1-10-6-7-12(19-10)11(16(2)3)9-15-14(17)13-5-4-8-18-13;/h4-8,11H,9H2,1-3H3,(H,15,17);1H. The number of halogens is 1. The lowest BCUT2D eigenvalue weighted by molar-refractivity contribution is 0.0911. The smallest absolute Gasteiger partial charge is 0.287 e. The van der Waals surface area contributed by atoms with Crippen LogP contribution in [0, 0.1) is 6.92 Å². The second-order valence-electron chi connectivity index (χ2n) is 4.62. The molecule has 0 saturated heterocycles. The van der Waals surface area contributed by atoms with Gasteiger partial charge in [0.15, 0.2) is 5.76 Å². The van der Waals surface area contributed by atoms with Gasteiger partial charge < -0.3 is 14.2 Å². The van der Waals surface area contributed by atoms with Crippen LogP contribution in [0.15, 0.2) is 39.4 Å². The zero-order valence-corrected chi connectivity index (χ0v) is 12.6. The molecule has 0 fully saturated rings. The van der Waals surface area contributed by atoms with Crippen molar-refractivity contribution in [2.24, 2.45) is 0 Å². The highest BCUT2D eigenvalue weighted by Crippen LogP contribution is 2.20. The second kappa shape index (κ2) is 7.17. The van der Waals surface area contributed by atoms with E-state index in [1.165, 1.54) is 6.26 Å². The van der Waals surface area contributed by atoms with Crippen molar-refractivity contribution in [2.45, 2.75) is 13.0 Å². The van der Waals surface area contributed by atoms with E-state index in [0.717, 1.165) is 11.5 Å². The zero-order valence-electron chi connectivity index (χ0n) is 11.8. The number of amides is 1. The number of furan rings is 2. The molecular formula is C14H19ClN2O3. The molecule has 2 aromatic rings. The third-order valence-corrected chi connectivity index (χ3v) is 2.91. The summed E-state index contributed by atoms with van der Waals surface area (Å²) >= 11 is 0. The Kier molecular flexibility index (Phi) is 5.85. The third-order valence-electron chi connectivity index (χ3n) is 2.91. The Bertz CT molecular complexity index is 534. The molecule has 1 amide bonds. The van der Waals surface area contributed by atoms with Gasteiger partial charge in [-0.15, -0.1) is 12.4 Å². The molecule has 2 aromatic heterocycles. The fourth-order valence-electron chi connectivity index (χ4n) is 1.85. The number of hydrogen-bond donors (Lipinski definition) is 1. The van der Waals surface area contributed by atoms with Crippen molar-refractivity contribution in [3.8, 4) is 0 Å². The lowest BCUT2D eigenvalue weighted by Crippen LogP contribution is -2.34. The Morgan fingerprint density at radius 3 is 2.60 bits per heavy atom. The summed E-state index contributed by atoms with van der Waals surface area (Å²) < 4.78 is 10.7. The molecule has 0 aliphatic rings. The fraction of sp³-hybridized carbons (Fsp3) is 0.357. The Labute approximate surface area is 124 Å². The van der Waals surface area contributed by atoms with Gasteiger partial charge >= 0.3 is 0 Å². The first kappa shape index (κ1) is 16.3.